The Kier molecular flexibility index (Phi) is 8.51. The quantitative estimate of drug-likeness (QED) is 0.154. The Labute approximate surface area is 326 Å². The standard InChI is InChI=1S/C53H35N3/c1-5-14-36(15-6-1)43-22-13-23-45(32-43)51-35-50(41-20-11-4-12-21-41)55-53(56-51)42-27-24-37(25-28-42)44-29-26-39-30-31-48-52(46(39)33-44)47(38-16-7-2-8-17-38)34-49(54-48)40-18-9-3-10-19-40/h1-35H. The zero-order valence-corrected chi connectivity index (χ0v) is 30.5. The van der Waals surface area contributed by atoms with E-state index < -0.39 is 0 Å². The smallest absolute Gasteiger partial charge is 0.160 e. The molecule has 0 amide bonds. The van der Waals surface area contributed by atoms with Crippen LogP contribution < -0.4 is 0 Å². The van der Waals surface area contributed by atoms with Gasteiger partial charge in [-0.25, -0.2) is 15.0 Å². The summed E-state index contributed by atoms with van der Waals surface area (Å²) in [7, 11) is 0. The van der Waals surface area contributed by atoms with Gasteiger partial charge in [-0.2, -0.15) is 0 Å². The van der Waals surface area contributed by atoms with Crippen molar-refractivity contribution in [1.29, 1.82) is 0 Å². The van der Waals surface area contributed by atoms with Gasteiger partial charge in [0.2, 0.25) is 0 Å². The fourth-order valence-corrected chi connectivity index (χ4v) is 7.62. The average Bonchev–Trinajstić information content (AvgIpc) is 3.29. The fraction of sp³-hybridized carbons (Fsp3) is 0. The van der Waals surface area contributed by atoms with E-state index >= 15 is 0 Å². The van der Waals surface area contributed by atoms with Crippen LogP contribution in [-0.4, -0.2) is 15.0 Å². The van der Waals surface area contributed by atoms with Gasteiger partial charge in [0, 0.05) is 27.6 Å². The molecule has 0 aliphatic carbocycles. The van der Waals surface area contributed by atoms with Crippen molar-refractivity contribution in [2.45, 2.75) is 0 Å². The summed E-state index contributed by atoms with van der Waals surface area (Å²) in [5, 5.41) is 3.51. The first-order valence-corrected chi connectivity index (χ1v) is 18.9. The van der Waals surface area contributed by atoms with Gasteiger partial charge in [-0.3, -0.25) is 0 Å². The van der Waals surface area contributed by atoms with Crippen molar-refractivity contribution in [2.24, 2.45) is 0 Å². The molecule has 2 heterocycles. The van der Waals surface area contributed by atoms with Crippen LogP contribution in [0.3, 0.4) is 0 Å². The number of pyridine rings is 1. The number of rotatable bonds is 7. The van der Waals surface area contributed by atoms with Crippen LogP contribution in [0.2, 0.25) is 0 Å². The molecule has 0 radical (unpaired) electrons. The average molecular weight is 714 g/mol. The Hall–Kier alpha value is -7.49. The molecule has 0 unspecified atom stereocenters. The van der Waals surface area contributed by atoms with E-state index in [1.165, 1.54) is 27.5 Å². The van der Waals surface area contributed by atoms with Crippen LogP contribution >= 0.6 is 0 Å². The van der Waals surface area contributed by atoms with Crippen molar-refractivity contribution < 1.29 is 0 Å². The van der Waals surface area contributed by atoms with E-state index in [1.54, 1.807) is 0 Å². The van der Waals surface area contributed by atoms with Crippen LogP contribution in [-0.2, 0) is 0 Å². The molecule has 0 aliphatic rings. The third kappa shape index (κ3) is 6.42. The lowest BCUT2D eigenvalue weighted by Gasteiger charge is -2.14. The van der Waals surface area contributed by atoms with E-state index in [1.807, 2.05) is 18.2 Å². The van der Waals surface area contributed by atoms with Crippen LogP contribution in [0.5, 0.6) is 0 Å². The molecular formula is C53H35N3. The van der Waals surface area contributed by atoms with Gasteiger partial charge in [0.1, 0.15) is 0 Å². The first-order valence-electron chi connectivity index (χ1n) is 18.9. The number of hydrogen-bond donors (Lipinski definition) is 0. The largest absolute Gasteiger partial charge is 0.248 e. The molecule has 0 spiro atoms. The van der Waals surface area contributed by atoms with Crippen molar-refractivity contribution in [3.05, 3.63) is 212 Å². The van der Waals surface area contributed by atoms with Gasteiger partial charge in [-0.15, -0.1) is 0 Å². The van der Waals surface area contributed by atoms with Crippen molar-refractivity contribution in [3.8, 4) is 78.5 Å². The molecule has 0 saturated carbocycles. The van der Waals surface area contributed by atoms with Gasteiger partial charge in [0.25, 0.3) is 0 Å². The molecule has 8 aromatic carbocycles. The van der Waals surface area contributed by atoms with Crippen LogP contribution in [0.4, 0.5) is 0 Å². The molecular weight excluding hydrogens is 679 g/mol. The van der Waals surface area contributed by atoms with E-state index in [0.29, 0.717) is 5.82 Å². The van der Waals surface area contributed by atoms with Gasteiger partial charge in [0.15, 0.2) is 5.82 Å². The first-order chi connectivity index (χ1) is 27.7. The molecule has 262 valence electrons. The van der Waals surface area contributed by atoms with Crippen molar-refractivity contribution in [2.75, 3.05) is 0 Å². The lowest BCUT2D eigenvalue weighted by atomic mass is 9.92. The minimum atomic E-state index is 0.690. The molecule has 0 bridgehead atoms. The maximum Gasteiger partial charge on any atom is 0.160 e. The first kappa shape index (κ1) is 33.1. The SMILES string of the molecule is c1ccc(-c2cccc(-c3cc(-c4ccccc4)nc(-c4ccc(-c5ccc6ccc7nc(-c8ccccc8)cc(-c8ccccc8)c7c6c5)cc4)n3)c2)cc1. The number of fused-ring (bicyclic) bond motifs is 3. The van der Waals surface area contributed by atoms with Crippen LogP contribution in [0.15, 0.2) is 212 Å². The van der Waals surface area contributed by atoms with Gasteiger partial charge in [-0.05, 0) is 74.5 Å². The van der Waals surface area contributed by atoms with E-state index in [9.17, 15) is 0 Å². The second-order valence-corrected chi connectivity index (χ2v) is 14.0. The molecule has 2 aromatic heterocycles. The predicted octanol–water partition coefficient (Wildman–Crippen LogP) is 13.8. The topological polar surface area (TPSA) is 38.7 Å². The van der Waals surface area contributed by atoms with E-state index in [0.717, 1.165) is 66.9 Å². The molecule has 56 heavy (non-hydrogen) atoms. The van der Waals surface area contributed by atoms with Gasteiger partial charge in [0.05, 0.1) is 22.6 Å². The summed E-state index contributed by atoms with van der Waals surface area (Å²) in [6.45, 7) is 0. The van der Waals surface area contributed by atoms with Crippen LogP contribution in [0.25, 0.3) is 100 Å². The van der Waals surface area contributed by atoms with E-state index in [2.05, 4.69) is 194 Å². The van der Waals surface area contributed by atoms with Crippen molar-refractivity contribution in [1.82, 2.24) is 15.0 Å². The van der Waals surface area contributed by atoms with Crippen molar-refractivity contribution in [3.63, 3.8) is 0 Å². The van der Waals surface area contributed by atoms with Gasteiger partial charge in [-0.1, -0.05) is 182 Å². The molecule has 3 heteroatoms. The Balaban J connectivity index is 1.06. The highest BCUT2D eigenvalue weighted by molar-refractivity contribution is 6.14. The third-order valence-corrected chi connectivity index (χ3v) is 10.5. The Morgan fingerprint density at radius 1 is 0.268 bits per heavy atom. The molecule has 0 atom stereocenters. The molecule has 0 N–H and O–H groups in total. The lowest BCUT2D eigenvalue weighted by molar-refractivity contribution is 1.18. The zero-order valence-electron chi connectivity index (χ0n) is 30.5. The second-order valence-electron chi connectivity index (χ2n) is 14.0. The summed E-state index contributed by atoms with van der Waals surface area (Å²) in [6.07, 6.45) is 0. The van der Waals surface area contributed by atoms with Gasteiger partial charge >= 0.3 is 0 Å². The summed E-state index contributed by atoms with van der Waals surface area (Å²) >= 11 is 0. The highest BCUT2D eigenvalue weighted by atomic mass is 14.9. The summed E-state index contributed by atoms with van der Waals surface area (Å²) in [4.78, 5) is 15.5. The lowest BCUT2D eigenvalue weighted by Crippen LogP contribution is -1.96. The molecule has 0 aliphatic heterocycles. The molecule has 3 nitrogen and oxygen atoms in total. The summed E-state index contributed by atoms with van der Waals surface area (Å²) in [5.74, 6) is 0.690. The van der Waals surface area contributed by atoms with Crippen LogP contribution in [0, 0.1) is 0 Å². The van der Waals surface area contributed by atoms with Gasteiger partial charge < -0.3 is 0 Å². The van der Waals surface area contributed by atoms with E-state index in [4.69, 9.17) is 15.0 Å². The summed E-state index contributed by atoms with van der Waals surface area (Å²) in [6, 6.07) is 74.5. The number of hydrogen-bond acceptors (Lipinski definition) is 3. The fourth-order valence-electron chi connectivity index (χ4n) is 7.62. The minimum absolute atomic E-state index is 0.690. The number of benzene rings is 8. The van der Waals surface area contributed by atoms with Crippen LogP contribution in [0.1, 0.15) is 0 Å². The highest BCUT2D eigenvalue weighted by Crippen LogP contribution is 2.39. The minimum Gasteiger partial charge on any atom is -0.248 e. The predicted molar refractivity (Wildman–Crippen MR) is 233 cm³/mol. The highest BCUT2D eigenvalue weighted by Gasteiger charge is 2.15. The molecule has 0 saturated heterocycles. The third-order valence-electron chi connectivity index (χ3n) is 10.5. The number of aromatic nitrogens is 3. The van der Waals surface area contributed by atoms with Crippen molar-refractivity contribution >= 4 is 21.7 Å². The number of nitrogens with zero attached hydrogens (tertiary/aromatic N) is 3. The van der Waals surface area contributed by atoms with E-state index in [-0.39, 0.29) is 0 Å². The maximum atomic E-state index is 5.19. The normalized spacial score (nSPS) is 11.2. The molecule has 0 fully saturated rings. The Morgan fingerprint density at radius 2 is 0.732 bits per heavy atom. The summed E-state index contributed by atoms with van der Waals surface area (Å²) in [5.41, 5.74) is 14.8. The summed E-state index contributed by atoms with van der Waals surface area (Å²) < 4.78 is 0. The second kappa shape index (κ2) is 14.4. The molecule has 10 rings (SSSR count). The monoisotopic (exact) mass is 713 g/mol. The zero-order chi connectivity index (χ0) is 37.3. The Morgan fingerprint density at radius 3 is 1.39 bits per heavy atom. The molecule has 10 aromatic rings. The Bertz CT molecular complexity index is 2980. The maximum absolute atomic E-state index is 5.19.